The normalized spacial score (nSPS) is 11.1. The van der Waals surface area contributed by atoms with Crippen LogP contribution in [0.15, 0.2) is 42.5 Å². The molecule has 6 heteroatoms. The van der Waals surface area contributed by atoms with Crippen molar-refractivity contribution in [1.82, 2.24) is 5.32 Å². The van der Waals surface area contributed by atoms with Crippen molar-refractivity contribution < 1.29 is 9.59 Å². The summed E-state index contributed by atoms with van der Waals surface area (Å²) in [5, 5.41) is 5.65. The van der Waals surface area contributed by atoms with Crippen LogP contribution in [-0.4, -0.2) is 18.4 Å². The predicted octanol–water partition coefficient (Wildman–Crippen LogP) is 4.33. The number of carbonyl (C=O) groups excluding carboxylic acids is 2. The number of anilines is 1. The third-order valence-corrected chi connectivity index (χ3v) is 4.79. The average Bonchev–Trinajstić information content (AvgIpc) is 2.57. The summed E-state index contributed by atoms with van der Waals surface area (Å²) in [6, 6.07) is 12.8. The molecule has 2 amide bonds. The van der Waals surface area contributed by atoms with Crippen LogP contribution in [0.25, 0.3) is 0 Å². The molecular weight excluding hydrogens is 359 g/mol. The molecule has 0 aliphatic heterocycles. The third-order valence-electron chi connectivity index (χ3n) is 3.97. The van der Waals surface area contributed by atoms with E-state index < -0.39 is 11.8 Å². The molecular formula is C19H20Cl2N2O2. The van der Waals surface area contributed by atoms with Gasteiger partial charge in [-0.3, -0.25) is 9.59 Å². The lowest BCUT2D eigenvalue weighted by Crippen LogP contribution is -2.42. The van der Waals surface area contributed by atoms with Gasteiger partial charge in [0.1, 0.15) is 0 Å². The molecule has 0 aliphatic rings. The summed E-state index contributed by atoms with van der Waals surface area (Å²) in [7, 11) is 0. The Morgan fingerprint density at radius 3 is 2.36 bits per heavy atom. The number of halogens is 2. The van der Waals surface area contributed by atoms with Crippen molar-refractivity contribution >= 4 is 40.7 Å². The second-order valence-corrected chi connectivity index (χ2v) is 7.22. The Bertz CT molecular complexity index is 804. The Morgan fingerprint density at radius 2 is 1.68 bits per heavy atom. The first-order chi connectivity index (χ1) is 11.7. The van der Waals surface area contributed by atoms with Crippen LogP contribution in [0.1, 0.15) is 25.0 Å². The van der Waals surface area contributed by atoms with Gasteiger partial charge in [0.2, 0.25) is 0 Å². The highest BCUT2D eigenvalue weighted by atomic mass is 35.5. The van der Waals surface area contributed by atoms with E-state index in [2.05, 4.69) is 10.6 Å². The first-order valence-electron chi connectivity index (χ1n) is 7.81. The molecule has 0 saturated carbocycles. The average molecular weight is 379 g/mol. The summed E-state index contributed by atoms with van der Waals surface area (Å²) in [5.41, 5.74) is 2.24. The van der Waals surface area contributed by atoms with Crippen LogP contribution in [0.3, 0.4) is 0 Å². The molecule has 0 spiro atoms. The first-order valence-corrected chi connectivity index (χ1v) is 8.57. The zero-order valence-corrected chi connectivity index (χ0v) is 15.8. The molecule has 4 nitrogen and oxygen atoms in total. The van der Waals surface area contributed by atoms with Gasteiger partial charge in [-0.25, -0.2) is 0 Å². The van der Waals surface area contributed by atoms with Gasteiger partial charge >= 0.3 is 11.8 Å². The number of amides is 2. The predicted molar refractivity (Wildman–Crippen MR) is 102 cm³/mol. The lowest BCUT2D eigenvalue weighted by Gasteiger charge is -2.27. The van der Waals surface area contributed by atoms with Gasteiger partial charge in [-0.2, -0.15) is 0 Å². The van der Waals surface area contributed by atoms with Crippen molar-refractivity contribution in [2.45, 2.75) is 26.2 Å². The largest absolute Gasteiger partial charge is 0.347 e. The van der Waals surface area contributed by atoms with E-state index in [-0.39, 0.29) is 10.4 Å². The van der Waals surface area contributed by atoms with Crippen molar-refractivity contribution in [3.05, 3.63) is 63.6 Å². The van der Waals surface area contributed by atoms with E-state index in [1.165, 1.54) is 0 Å². The smallest absolute Gasteiger partial charge is 0.313 e. The summed E-state index contributed by atoms with van der Waals surface area (Å²) < 4.78 is 0. The van der Waals surface area contributed by atoms with Gasteiger partial charge in [0.15, 0.2) is 0 Å². The maximum Gasteiger partial charge on any atom is 0.313 e. The van der Waals surface area contributed by atoms with Gasteiger partial charge in [-0.15, -0.1) is 0 Å². The molecule has 2 N–H and O–H groups in total. The van der Waals surface area contributed by atoms with Gasteiger partial charge in [0.05, 0.1) is 15.7 Å². The fourth-order valence-electron chi connectivity index (χ4n) is 2.59. The molecule has 132 valence electrons. The molecule has 2 rings (SSSR count). The second kappa shape index (κ2) is 7.89. The van der Waals surface area contributed by atoms with Gasteiger partial charge in [-0.05, 0) is 30.2 Å². The van der Waals surface area contributed by atoms with Crippen LogP contribution in [0.5, 0.6) is 0 Å². The Morgan fingerprint density at radius 1 is 1.00 bits per heavy atom. The lowest BCUT2D eigenvalue weighted by molar-refractivity contribution is -0.136. The van der Waals surface area contributed by atoms with Crippen LogP contribution >= 0.6 is 23.2 Å². The van der Waals surface area contributed by atoms with Crippen LogP contribution in [0.2, 0.25) is 10.0 Å². The van der Waals surface area contributed by atoms with Crippen molar-refractivity contribution in [2.75, 3.05) is 11.9 Å². The van der Waals surface area contributed by atoms with Crippen LogP contribution in [0.4, 0.5) is 5.69 Å². The molecule has 0 saturated heterocycles. The minimum absolute atomic E-state index is 0.200. The molecule has 0 bridgehead atoms. The molecule has 2 aromatic carbocycles. The van der Waals surface area contributed by atoms with E-state index in [1.54, 1.807) is 18.2 Å². The molecule has 0 unspecified atom stereocenters. The van der Waals surface area contributed by atoms with Gasteiger partial charge in [0, 0.05) is 12.0 Å². The number of nitrogens with one attached hydrogen (secondary N) is 2. The Hall–Kier alpha value is -2.04. The summed E-state index contributed by atoms with van der Waals surface area (Å²) in [4.78, 5) is 24.2. The molecule has 25 heavy (non-hydrogen) atoms. The van der Waals surface area contributed by atoms with E-state index in [4.69, 9.17) is 23.2 Å². The van der Waals surface area contributed by atoms with Crippen molar-refractivity contribution in [1.29, 1.82) is 0 Å². The minimum Gasteiger partial charge on any atom is -0.347 e. The Balaban J connectivity index is 2.01. The van der Waals surface area contributed by atoms with Crippen LogP contribution in [-0.2, 0) is 15.0 Å². The molecule has 2 aromatic rings. The maximum absolute atomic E-state index is 12.1. The SMILES string of the molecule is Cc1ccccc1C(C)(C)CNC(=O)C(=O)Nc1cccc(Cl)c1Cl. The van der Waals surface area contributed by atoms with E-state index >= 15 is 0 Å². The number of aryl methyl sites for hydroxylation is 1. The Kier molecular flexibility index (Phi) is 6.09. The van der Waals surface area contributed by atoms with E-state index in [0.29, 0.717) is 17.3 Å². The molecule has 0 radical (unpaired) electrons. The molecule has 0 heterocycles. The fourth-order valence-corrected chi connectivity index (χ4v) is 2.94. The summed E-state index contributed by atoms with van der Waals surface area (Å²) >= 11 is 11.9. The highest BCUT2D eigenvalue weighted by molar-refractivity contribution is 6.45. The van der Waals surface area contributed by atoms with Gasteiger partial charge in [0.25, 0.3) is 0 Å². The van der Waals surface area contributed by atoms with E-state index in [9.17, 15) is 9.59 Å². The highest BCUT2D eigenvalue weighted by Gasteiger charge is 2.25. The summed E-state index contributed by atoms with van der Waals surface area (Å²) in [5.74, 6) is -1.51. The van der Waals surface area contributed by atoms with E-state index in [0.717, 1.165) is 11.1 Å². The number of carbonyl (C=O) groups is 2. The molecule has 0 fully saturated rings. The molecule has 0 atom stereocenters. The second-order valence-electron chi connectivity index (χ2n) is 6.44. The summed E-state index contributed by atoms with van der Waals surface area (Å²) in [6.07, 6.45) is 0. The molecule has 0 aromatic heterocycles. The summed E-state index contributed by atoms with van der Waals surface area (Å²) in [6.45, 7) is 6.38. The van der Waals surface area contributed by atoms with Crippen molar-refractivity contribution in [2.24, 2.45) is 0 Å². The fraction of sp³-hybridized carbons (Fsp3) is 0.263. The zero-order valence-electron chi connectivity index (χ0n) is 14.3. The van der Waals surface area contributed by atoms with Gasteiger partial charge in [-0.1, -0.05) is 67.4 Å². The standard InChI is InChI=1S/C19H20Cl2N2O2/c1-12-7-4-5-8-13(12)19(2,3)11-22-17(24)18(25)23-15-10-6-9-14(20)16(15)21/h4-10H,11H2,1-3H3,(H,22,24)(H,23,25). The highest BCUT2D eigenvalue weighted by Crippen LogP contribution is 2.29. The first kappa shape index (κ1) is 19.3. The van der Waals surface area contributed by atoms with Gasteiger partial charge < -0.3 is 10.6 Å². The zero-order chi connectivity index (χ0) is 18.6. The van der Waals surface area contributed by atoms with Crippen molar-refractivity contribution in [3.8, 4) is 0 Å². The third kappa shape index (κ3) is 4.74. The van der Waals surface area contributed by atoms with Crippen molar-refractivity contribution in [3.63, 3.8) is 0 Å². The quantitative estimate of drug-likeness (QED) is 0.777. The van der Waals surface area contributed by atoms with E-state index in [1.807, 2.05) is 45.0 Å². The Labute approximate surface area is 157 Å². The maximum atomic E-state index is 12.1. The van der Waals surface area contributed by atoms with Crippen LogP contribution < -0.4 is 10.6 Å². The number of benzene rings is 2. The lowest BCUT2D eigenvalue weighted by atomic mass is 9.82. The van der Waals surface area contributed by atoms with Crippen LogP contribution in [0, 0.1) is 6.92 Å². The minimum atomic E-state index is -0.787. The number of hydrogen-bond donors (Lipinski definition) is 2. The number of hydrogen-bond acceptors (Lipinski definition) is 2. The monoisotopic (exact) mass is 378 g/mol. The number of rotatable bonds is 4. The topological polar surface area (TPSA) is 58.2 Å². The molecule has 0 aliphatic carbocycles.